The van der Waals surface area contributed by atoms with E-state index in [9.17, 15) is 15.0 Å². The molecule has 0 radical (unpaired) electrons. The zero-order valence-corrected chi connectivity index (χ0v) is 22.5. The number of fused-ring (bicyclic) bond motifs is 3. The summed E-state index contributed by atoms with van der Waals surface area (Å²) in [6.45, 7) is 6.68. The molecular formula is C25H34INO4S. The average Bonchev–Trinajstić information content (AvgIpc) is 3.22. The first kappa shape index (κ1) is 23.9. The quantitative estimate of drug-likeness (QED) is 0.332. The van der Waals surface area contributed by atoms with E-state index >= 15 is 0 Å². The van der Waals surface area contributed by atoms with E-state index in [-0.39, 0.29) is 31.6 Å². The Balaban J connectivity index is 1.44. The van der Waals surface area contributed by atoms with Crippen LogP contribution < -0.4 is 10.1 Å². The van der Waals surface area contributed by atoms with Gasteiger partial charge in [-0.2, -0.15) is 0 Å². The Morgan fingerprint density at radius 1 is 1.22 bits per heavy atom. The Morgan fingerprint density at radius 2 is 1.88 bits per heavy atom. The minimum Gasteiger partial charge on any atom is -0.396 e. The minimum absolute atomic E-state index is 0.0365. The molecule has 0 spiro atoms. The van der Waals surface area contributed by atoms with Crippen LogP contribution >= 0.6 is 29.3 Å². The predicted octanol–water partition coefficient (Wildman–Crippen LogP) is 3.91. The average molecular weight is 572 g/mol. The summed E-state index contributed by atoms with van der Waals surface area (Å²) in [5, 5.41) is 21.6. The van der Waals surface area contributed by atoms with Gasteiger partial charge in [0.2, 0.25) is 0 Å². The van der Waals surface area contributed by atoms with Crippen molar-refractivity contribution in [3.05, 3.63) is 49.7 Å². The summed E-state index contributed by atoms with van der Waals surface area (Å²) in [4.78, 5) is 20.3. The van der Waals surface area contributed by atoms with Crippen LogP contribution in [0.25, 0.3) is 0 Å². The number of thiophene rings is 1. The second kappa shape index (κ2) is 9.16. The molecule has 0 unspecified atom stereocenters. The van der Waals surface area contributed by atoms with Gasteiger partial charge >= 0.3 is 163 Å². The van der Waals surface area contributed by atoms with Gasteiger partial charge in [0.05, 0.1) is 19.8 Å². The molecule has 32 heavy (non-hydrogen) atoms. The number of aliphatic hydroxyl groups is 2. The molecule has 2 aromatic rings. The summed E-state index contributed by atoms with van der Waals surface area (Å²) in [5.74, 6) is 1.19. The summed E-state index contributed by atoms with van der Waals surface area (Å²) >= 11 is -0.0643. The predicted molar refractivity (Wildman–Crippen MR) is 141 cm³/mol. The number of ether oxygens (including phenoxy) is 1. The van der Waals surface area contributed by atoms with Gasteiger partial charge in [-0.1, -0.05) is 0 Å². The topological polar surface area (TPSA) is 78.8 Å². The molecule has 0 saturated carbocycles. The third-order valence-corrected chi connectivity index (χ3v) is 15.5. The number of hydrogen-bond acceptors (Lipinski definition) is 5. The maximum atomic E-state index is 13.1. The SMILES string of the molecule is Cc1cc(CNC(=O)c2sc(C)c3c2C[C@H]2C=I(C)(C)[C@@H]32)cc(C)c1OCC(CO)CO. The molecular weight excluding hydrogens is 537 g/mol. The van der Waals surface area contributed by atoms with Gasteiger partial charge < -0.3 is 10.2 Å². The molecule has 1 aliphatic heterocycles. The molecule has 1 aliphatic carbocycles. The molecule has 5 nitrogen and oxygen atoms in total. The van der Waals surface area contributed by atoms with E-state index < -0.39 is 18.0 Å². The number of amides is 1. The zero-order chi connectivity index (χ0) is 23.2. The zero-order valence-electron chi connectivity index (χ0n) is 19.5. The molecule has 3 N–H and O–H groups in total. The molecule has 0 saturated heterocycles. The van der Waals surface area contributed by atoms with Crippen LogP contribution in [-0.2, 0) is 13.0 Å². The van der Waals surface area contributed by atoms with Crippen LogP contribution in [0.1, 0.15) is 46.3 Å². The van der Waals surface area contributed by atoms with Crippen LogP contribution in [0.2, 0.25) is 0 Å². The van der Waals surface area contributed by atoms with Gasteiger partial charge in [0.15, 0.2) is 0 Å². The van der Waals surface area contributed by atoms with Crippen LogP contribution in [0, 0.1) is 32.6 Å². The summed E-state index contributed by atoms with van der Waals surface area (Å²) in [7, 11) is 0. The third kappa shape index (κ3) is 4.29. The number of halogens is 1. The molecule has 0 fully saturated rings. The first-order chi connectivity index (χ1) is 15.2. The number of carbonyl (C=O) groups excluding carboxylic acids is 1. The molecule has 176 valence electrons. The van der Waals surface area contributed by atoms with E-state index in [4.69, 9.17) is 4.74 Å². The van der Waals surface area contributed by atoms with E-state index in [0.717, 1.165) is 37.7 Å². The van der Waals surface area contributed by atoms with Crippen molar-refractivity contribution in [2.24, 2.45) is 11.8 Å². The molecule has 1 aromatic carbocycles. The molecule has 2 heterocycles. The smallest absolute Gasteiger partial charge is 0.396 e. The molecule has 0 bridgehead atoms. The van der Waals surface area contributed by atoms with Crippen molar-refractivity contribution in [1.29, 1.82) is 0 Å². The van der Waals surface area contributed by atoms with Crippen LogP contribution in [0.15, 0.2) is 12.1 Å². The number of hydrogen-bond donors (Lipinski definition) is 3. The van der Waals surface area contributed by atoms with Gasteiger partial charge in [0.25, 0.3) is 0 Å². The minimum atomic E-state index is -1.73. The monoisotopic (exact) mass is 571 g/mol. The second-order valence-corrected chi connectivity index (χ2v) is 20.6. The Hall–Kier alpha value is -1.29. The summed E-state index contributed by atoms with van der Waals surface area (Å²) < 4.78 is 9.22. The van der Waals surface area contributed by atoms with Crippen molar-refractivity contribution in [1.82, 2.24) is 5.32 Å². The first-order valence-corrected chi connectivity index (χ1v) is 18.6. The number of rotatable bonds is 8. The van der Waals surface area contributed by atoms with Crippen molar-refractivity contribution in [3.8, 4) is 5.75 Å². The molecule has 1 amide bonds. The standard InChI is InChI=1S/C25H34INO4S/c1-14-6-17(7-15(2)23(14)31-13-18(11-28)12-29)10-27-25(30)24-20-8-19-9-26(4,5)22(19)21(20)16(3)32-24/h6-7,9,18-19,22,28-29H,8,10-13H2,1-5H3,(H,27,30)/t19-,22+/m0/s1. The maximum absolute atomic E-state index is 13.1. The second-order valence-electron chi connectivity index (χ2n) is 9.44. The van der Waals surface area contributed by atoms with Crippen molar-refractivity contribution < 1.29 is 19.7 Å². The van der Waals surface area contributed by atoms with Crippen LogP contribution in [0.5, 0.6) is 5.75 Å². The number of carbonyl (C=O) groups is 1. The molecule has 2 aliphatic rings. The Kier molecular flexibility index (Phi) is 6.83. The van der Waals surface area contributed by atoms with Gasteiger partial charge in [-0.25, -0.2) is 0 Å². The van der Waals surface area contributed by atoms with E-state index in [0.29, 0.717) is 12.5 Å². The summed E-state index contributed by atoms with van der Waals surface area (Å²) in [6.07, 6.45) is 1.03. The molecule has 1 aromatic heterocycles. The van der Waals surface area contributed by atoms with Crippen molar-refractivity contribution in [3.63, 3.8) is 0 Å². The number of nitrogens with one attached hydrogen (secondary N) is 1. The van der Waals surface area contributed by atoms with E-state index in [1.165, 1.54) is 16.0 Å². The fourth-order valence-corrected chi connectivity index (χ4v) is 14.6. The fourth-order valence-electron chi connectivity index (χ4n) is 5.12. The molecule has 7 heteroatoms. The Morgan fingerprint density at radius 3 is 2.47 bits per heavy atom. The van der Waals surface area contributed by atoms with E-state index in [1.807, 2.05) is 26.0 Å². The third-order valence-electron chi connectivity index (χ3n) is 6.58. The fraction of sp³-hybridized carbons (Fsp3) is 0.520. The Bertz CT molecular complexity index is 1070. The van der Waals surface area contributed by atoms with Gasteiger partial charge in [-0.15, -0.1) is 0 Å². The van der Waals surface area contributed by atoms with Crippen molar-refractivity contribution >= 4 is 39.2 Å². The number of alkyl halides is 3. The van der Waals surface area contributed by atoms with Crippen LogP contribution in [0.3, 0.4) is 0 Å². The van der Waals surface area contributed by atoms with Crippen LogP contribution in [-0.4, -0.2) is 49.8 Å². The Labute approximate surface area is 198 Å². The number of aryl methyl sites for hydroxylation is 3. The summed E-state index contributed by atoms with van der Waals surface area (Å²) in [6, 6.07) is 4.06. The van der Waals surface area contributed by atoms with E-state index in [1.54, 1.807) is 11.3 Å². The molecule has 2 atom stereocenters. The van der Waals surface area contributed by atoms with E-state index in [2.05, 4.69) is 26.1 Å². The number of benzene rings is 1. The van der Waals surface area contributed by atoms with Gasteiger partial charge in [0, 0.05) is 5.92 Å². The van der Waals surface area contributed by atoms with Crippen molar-refractivity contribution in [2.45, 2.75) is 37.7 Å². The van der Waals surface area contributed by atoms with Gasteiger partial charge in [-0.3, -0.25) is 0 Å². The van der Waals surface area contributed by atoms with Gasteiger partial charge in [0.1, 0.15) is 0 Å². The number of aliphatic hydroxyl groups excluding tert-OH is 2. The normalized spacial score (nSPS) is 21.4. The summed E-state index contributed by atoms with van der Waals surface area (Å²) in [5.41, 5.74) is 5.82. The molecule has 4 rings (SSSR count). The first-order valence-electron chi connectivity index (χ1n) is 11.0. The van der Waals surface area contributed by atoms with Crippen molar-refractivity contribution in [2.75, 3.05) is 29.7 Å². The van der Waals surface area contributed by atoms with Gasteiger partial charge in [-0.05, 0) is 0 Å². The van der Waals surface area contributed by atoms with Crippen LogP contribution in [0.4, 0.5) is 0 Å².